The summed E-state index contributed by atoms with van der Waals surface area (Å²) in [6, 6.07) is 0. The SMILES string of the molecule is C=CCC(C)CCCCCCCCCCC(C)C(C)CCCC(C)C(C)CCCCC(C)C. The largest absolute Gasteiger partial charge is 0.103 e. The van der Waals surface area contributed by atoms with Crippen molar-refractivity contribution in [3.63, 3.8) is 0 Å². The van der Waals surface area contributed by atoms with E-state index in [9.17, 15) is 0 Å². The normalized spacial score (nSPS) is 16.5. The second-order valence-electron chi connectivity index (χ2n) is 12.6. The molecule has 0 heteroatoms. The molecule has 0 N–H and O–H groups in total. The Bertz CT molecular complexity index is 408. The van der Waals surface area contributed by atoms with Crippen LogP contribution in [-0.2, 0) is 0 Å². The van der Waals surface area contributed by atoms with E-state index in [1.165, 1.54) is 116 Å². The summed E-state index contributed by atoms with van der Waals surface area (Å²) in [5.41, 5.74) is 0. The van der Waals surface area contributed by atoms with Crippen LogP contribution in [-0.4, -0.2) is 0 Å². The Labute approximate surface area is 212 Å². The third-order valence-electron chi connectivity index (χ3n) is 8.63. The Morgan fingerprint density at radius 1 is 0.424 bits per heavy atom. The average Bonchev–Trinajstić information content (AvgIpc) is 2.77. The topological polar surface area (TPSA) is 0 Å². The Balaban J connectivity index is 3.60. The number of unbranched alkanes of at least 4 members (excludes halogenated alkanes) is 8. The molecule has 0 radical (unpaired) electrons. The van der Waals surface area contributed by atoms with Crippen molar-refractivity contribution in [3.05, 3.63) is 12.7 Å². The van der Waals surface area contributed by atoms with Gasteiger partial charge in [-0.3, -0.25) is 0 Å². The molecular formula is C33H66. The molecule has 198 valence electrons. The molecule has 0 saturated carbocycles. The predicted octanol–water partition coefficient (Wildman–Crippen LogP) is 12.0. The molecule has 5 atom stereocenters. The van der Waals surface area contributed by atoms with E-state index < -0.39 is 0 Å². The lowest BCUT2D eigenvalue weighted by Gasteiger charge is -2.23. The minimum absolute atomic E-state index is 0.836. The molecule has 0 amide bonds. The lowest BCUT2D eigenvalue weighted by Crippen LogP contribution is -2.11. The van der Waals surface area contributed by atoms with E-state index in [1.54, 1.807) is 0 Å². The fourth-order valence-corrected chi connectivity index (χ4v) is 5.34. The highest BCUT2D eigenvalue weighted by Crippen LogP contribution is 2.28. The molecule has 0 heterocycles. The van der Waals surface area contributed by atoms with E-state index in [1.807, 2.05) is 0 Å². The van der Waals surface area contributed by atoms with Crippen molar-refractivity contribution in [3.8, 4) is 0 Å². The van der Waals surface area contributed by atoms with Crippen molar-refractivity contribution < 1.29 is 0 Å². The number of hydrogen-bond donors (Lipinski definition) is 0. The molecule has 33 heavy (non-hydrogen) atoms. The summed E-state index contributed by atoms with van der Waals surface area (Å²) in [6.45, 7) is 20.9. The first kappa shape index (κ1) is 32.7. The molecule has 0 rings (SSSR count). The number of hydrogen-bond acceptors (Lipinski definition) is 0. The molecule has 0 aliphatic rings. The monoisotopic (exact) mass is 463 g/mol. The Morgan fingerprint density at radius 3 is 1.18 bits per heavy atom. The highest BCUT2D eigenvalue weighted by Gasteiger charge is 2.15. The molecule has 0 bridgehead atoms. The molecule has 5 unspecified atom stereocenters. The van der Waals surface area contributed by atoms with Crippen LogP contribution >= 0.6 is 0 Å². The van der Waals surface area contributed by atoms with Gasteiger partial charge in [0.1, 0.15) is 0 Å². The first-order valence-electron chi connectivity index (χ1n) is 15.4. The van der Waals surface area contributed by atoms with Crippen molar-refractivity contribution in [2.24, 2.45) is 35.5 Å². The van der Waals surface area contributed by atoms with Crippen LogP contribution in [0.2, 0.25) is 0 Å². The predicted molar refractivity (Wildman–Crippen MR) is 154 cm³/mol. The van der Waals surface area contributed by atoms with E-state index in [0.29, 0.717) is 0 Å². The fraction of sp³-hybridized carbons (Fsp3) is 0.939. The van der Waals surface area contributed by atoms with E-state index in [2.05, 4.69) is 61.1 Å². The Morgan fingerprint density at radius 2 is 0.758 bits per heavy atom. The van der Waals surface area contributed by atoms with Crippen LogP contribution < -0.4 is 0 Å². The molecule has 0 nitrogen and oxygen atoms in total. The second-order valence-corrected chi connectivity index (χ2v) is 12.6. The molecule has 0 aromatic carbocycles. The van der Waals surface area contributed by atoms with Gasteiger partial charge in [0.15, 0.2) is 0 Å². The smallest absolute Gasteiger partial charge is 0.0328 e. The van der Waals surface area contributed by atoms with Crippen LogP contribution in [0.15, 0.2) is 12.7 Å². The van der Waals surface area contributed by atoms with Gasteiger partial charge in [-0.1, -0.05) is 164 Å². The van der Waals surface area contributed by atoms with Crippen molar-refractivity contribution in [1.29, 1.82) is 0 Å². The van der Waals surface area contributed by atoms with Gasteiger partial charge in [0.05, 0.1) is 0 Å². The summed E-state index contributed by atoms with van der Waals surface area (Å²) in [6.07, 6.45) is 27.7. The standard InChI is InChI=1S/C33H66/c1-9-21-29(4)23-16-14-12-10-11-13-15-17-24-30(5)32(7)26-20-27-33(8)31(6)25-19-18-22-28(2)3/h9,28-33H,1,10-27H2,2-8H3. The second kappa shape index (κ2) is 22.2. The van der Waals surface area contributed by atoms with Gasteiger partial charge in [-0.05, 0) is 41.9 Å². The molecular weight excluding hydrogens is 396 g/mol. The van der Waals surface area contributed by atoms with Crippen LogP contribution in [0, 0.1) is 35.5 Å². The Kier molecular flexibility index (Phi) is 22.0. The first-order chi connectivity index (χ1) is 15.8. The highest BCUT2D eigenvalue weighted by molar-refractivity contribution is 4.70. The third kappa shape index (κ3) is 20.8. The van der Waals surface area contributed by atoms with Gasteiger partial charge in [-0.25, -0.2) is 0 Å². The van der Waals surface area contributed by atoms with E-state index >= 15 is 0 Å². The van der Waals surface area contributed by atoms with Crippen molar-refractivity contribution in [2.45, 2.75) is 164 Å². The molecule has 0 saturated heterocycles. The van der Waals surface area contributed by atoms with Crippen molar-refractivity contribution in [1.82, 2.24) is 0 Å². The zero-order valence-corrected chi connectivity index (χ0v) is 24.5. The highest BCUT2D eigenvalue weighted by atomic mass is 14.2. The van der Waals surface area contributed by atoms with Crippen LogP contribution in [0.3, 0.4) is 0 Å². The first-order valence-corrected chi connectivity index (χ1v) is 15.4. The van der Waals surface area contributed by atoms with Gasteiger partial charge < -0.3 is 0 Å². The lowest BCUT2D eigenvalue weighted by molar-refractivity contribution is 0.286. The fourth-order valence-electron chi connectivity index (χ4n) is 5.34. The summed E-state index contributed by atoms with van der Waals surface area (Å²) in [4.78, 5) is 0. The summed E-state index contributed by atoms with van der Waals surface area (Å²) < 4.78 is 0. The van der Waals surface area contributed by atoms with Crippen LogP contribution in [0.25, 0.3) is 0 Å². The summed E-state index contributed by atoms with van der Waals surface area (Å²) >= 11 is 0. The van der Waals surface area contributed by atoms with E-state index in [0.717, 1.165) is 35.5 Å². The maximum atomic E-state index is 3.85. The van der Waals surface area contributed by atoms with Crippen LogP contribution in [0.4, 0.5) is 0 Å². The summed E-state index contributed by atoms with van der Waals surface area (Å²) in [7, 11) is 0. The lowest BCUT2D eigenvalue weighted by atomic mass is 9.83. The number of rotatable bonds is 24. The average molecular weight is 463 g/mol. The van der Waals surface area contributed by atoms with Gasteiger partial charge in [0, 0.05) is 0 Å². The third-order valence-corrected chi connectivity index (χ3v) is 8.63. The summed E-state index contributed by atoms with van der Waals surface area (Å²) in [5.74, 6) is 5.34. The molecule has 0 fully saturated rings. The van der Waals surface area contributed by atoms with Gasteiger partial charge in [0.25, 0.3) is 0 Å². The number of allylic oxidation sites excluding steroid dienone is 1. The van der Waals surface area contributed by atoms with E-state index in [-0.39, 0.29) is 0 Å². The quantitative estimate of drug-likeness (QED) is 0.0987. The van der Waals surface area contributed by atoms with Crippen LogP contribution in [0.5, 0.6) is 0 Å². The summed E-state index contributed by atoms with van der Waals surface area (Å²) in [5, 5.41) is 0. The van der Waals surface area contributed by atoms with Crippen LogP contribution in [0.1, 0.15) is 164 Å². The molecule has 0 aromatic rings. The van der Waals surface area contributed by atoms with Gasteiger partial charge in [-0.2, -0.15) is 0 Å². The Hall–Kier alpha value is -0.260. The maximum Gasteiger partial charge on any atom is -0.0328 e. The van der Waals surface area contributed by atoms with Gasteiger partial charge in [-0.15, -0.1) is 6.58 Å². The maximum absolute atomic E-state index is 3.85. The molecule has 0 aromatic heterocycles. The van der Waals surface area contributed by atoms with Crippen molar-refractivity contribution >= 4 is 0 Å². The molecule has 0 spiro atoms. The van der Waals surface area contributed by atoms with Crippen molar-refractivity contribution in [2.75, 3.05) is 0 Å². The van der Waals surface area contributed by atoms with Gasteiger partial charge in [0.2, 0.25) is 0 Å². The van der Waals surface area contributed by atoms with E-state index in [4.69, 9.17) is 0 Å². The molecule has 0 aliphatic carbocycles. The zero-order valence-electron chi connectivity index (χ0n) is 24.5. The molecule has 0 aliphatic heterocycles. The zero-order chi connectivity index (χ0) is 24.9. The minimum atomic E-state index is 0.836. The minimum Gasteiger partial charge on any atom is -0.103 e. The van der Waals surface area contributed by atoms with Gasteiger partial charge >= 0.3 is 0 Å².